The van der Waals surface area contributed by atoms with Crippen LogP contribution in [0.2, 0.25) is 0 Å². The lowest BCUT2D eigenvalue weighted by Gasteiger charge is -2.30. The van der Waals surface area contributed by atoms with E-state index in [4.69, 9.17) is 0 Å². The maximum Gasteiger partial charge on any atom is 0.251 e. The molecular formula is C21H26N4O4S. The van der Waals surface area contributed by atoms with E-state index in [0.717, 1.165) is 18.4 Å². The number of carbonyl (C=O) groups is 2. The van der Waals surface area contributed by atoms with E-state index < -0.39 is 15.9 Å². The number of nitrogens with zero attached hydrogens (tertiary/aromatic N) is 3. The van der Waals surface area contributed by atoms with Crippen LogP contribution >= 0.6 is 0 Å². The molecule has 9 heteroatoms. The molecule has 0 aliphatic carbocycles. The largest absolute Gasteiger partial charge is 0.340 e. The zero-order valence-electron chi connectivity index (χ0n) is 17.0. The van der Waals surface area contributed by atoms with Crippen molar-refractivity contribution in [3.8, 4) is 11.3 Å². The van der Waals surface area contributed by atoms with Crippen molar-refractivity contribution in [2.75, 3.05) is 24.6 Å². The minimum atomic E-state index is -3.08. The van der Waals surface area contributed by atoms with Crippen molar-refractivity contribution < 1.29 is 18.0 Å². The molecular weight excluding hydrogens is 404 g/mol. The summed E-state index contributed by atoms with van der Waals surface area (Å²) in [6.45, 7) is 2.36. The van der Waals surface area contributed by atoms with Gasteiger partial charge in [-0.2, -0.15) is 0 Å². The van der Waals surface area contributed by atoms with Crippen molar-refractivity contribution in [1.82, 2.24) is 20.2 Å². The number of nitrogens with one attached hydrogen (secondary N) is 1. The van der Waals surface area contributed by atoms with E-state index in [0.29, 0.717) is 17.7 Å². The third-order valence-electron chi connectivity index (χ3n) is 5.11. The summed E-state index contributed by atoms with van der Waals surface area (Å²) < 4.78 is 23.3. The lowest BCUT2D eigenvalue weighted by Crippen LogP contribution is -2.52. The molecule has 0 unspecified atom stereocenters. The molecule has 0 spiro atoms. The van der Waals surface area contributed by atoms with Crippen molar-refractivity contribution in [1.29, 1.82) is 0 Å². The van der Waals surface area contributed by atoms with Crippen LogP contribution in [0.15, 0.2) is 42.9 Å². The van der Waals surface area contributed by atoms with Gasteiger partial charge in [-0.05, 0) is 18.6 Å². The summed E-state index contributed by atoms with van der Waals surface area (Å²) in [6.07, 6.45) is 7.03. The number of sulfone groups is 1. The molecule has 1 aliphatic heterocycles. The number of rotatable bonds is 7. The fourth-order valence-electron chi connectivity index (χ4n) is 3.30. The van der Waals surface area contributed by atoms with Crippen LogP contribution in [0.5, 0.6) is 0 Å². The molecule has 8 nitrogen and oxygen atoms in total. The third-order valence-corrected chi connectivity index (χ3v) is 6.72. The van der Waals surface area contributed by atoms with E-state index in [1.165, 1.54) is 0 Å². The summed E-state index contributed by atoms with van der Waals surface area (Å²) in [5, 5.41) is 2.84. The molecule has 2 heterocycles. The lowest BCUT2D eigenvalue weighted by atomic mass is 10.1. The van der Waals surface area contributed by atoms with Crippen molar-refractivity contribution in [2.24, 2.45) is 0 Å². The number of hydrogen-bond donors (Lipinski definition) is 1. The Morgan fingerprint density at radius 1 is 1.13 bits per heavy atom. The number of aromatic nitrogens is 2. The first-order valence-corrected chi connectivity index (χ1v) is 11.9. The number of hydrogen-bond acceptors (Lipinski definition) is 6. The monoisotopic (exact) mass is 430 g/mol. The second kappa shape index (κ2) is 9.80. The van der Waals surface area contributed by atoms with Crippen LogP contribution in [-0.4, -0.2) is 65.7 Å². The summed E-state index contributed by atoms with van der Waals surface area (Å²) in [6, 6.07) is 6.29. The minimum absolute atomic E-state index is 0.0307. The Hall–Kier alpha value is -2.81. The molecule has 0 bridgehead atoms. The van der Waals surface area contributed by atoms with Crippen molar-refractivity contribution in [3.05, 3.63) is 48.4 Å². The molecule has 1 fully saturated rings. The molecule has 1 N–H and O–H groups in total. The molecule has 2 aromatic rings. The Kier molecular flexibility index (Phi) is 7.15. The third kappa shape index (κ3) is 5.63. The van der Waals surface area contributed by atoms with Gasteiger partial charge in [-0.3, -0.25) is 19.6 Å². The number of unbranched alkanes of at least 4 members (excludes halogenated alkanes) is 1. The highest BCUT2D eigenvalue weighted by Crippen LogP contribution is 2.17. The first-order chi connectivity index (χ1) is 14.4. The summed E-state index contributed by atoms with van der Waals surface area (Å²) >= 11 is 0. The standard InChI is InChI=1S/C21H26N4O4S/c1-2-3-4-18(21(27)25-11-13-30(28,29)14-12-25)24-20(26)17-7-5-16(6-8-17)19-15-22-9-10-23-19/h5-10,15,18H,2-4,11-14H2,1H3,(H,24,26)/t18-/m0/s1. The Morgan fingerprint density at radius 2 is 1.83 bits per heavy atom. The predicted molar refractivity (Wildman–Crippen MR) is 113 cm³/mol. The summed E-state index contributed by atoms with van der Waals surface area (Å²) in [7, 11) is -3.08. The minimum Gasteiger partial charge on any atom is -0.340 e. The lowest BCUT2D eigenvalue weighted by molar-refractivity contribution is -0.133. The molecule has 3 rings (SSSR count). The van der Waals surface area contributed by atoms with Gasteiger partial charge >= 0.3 is 0 Å². The van der Waals surface area contributed by atoms with Gasteiger partial charge in [0, 0.05) is 36.6 Å². The maximum absolute atomic E-state index is 12.9. The summed E-state index contributed by atoms with van der Waals surface area (Å²) in [5.74, 6) is -0.615. The normalized spacial score (nSPS) is 16.6. The Balaban J connectivity index is 1.68. The fraction of sp³-hybridized carbons (Fsp3) is 0.429. The smallest absolute Gasteiger partial charge is 0.251 e. The molecule has 1 aromatic carbocycles. The van der Waals surface area contributed by atoms with Crippen LogP contribution < -0.4 is 5.32 Å². The number of carbonyl (C=O) groups excluding carboxylic acids is 2. The molecule has 30 heavy (non-hydrogen) atoms. The molecule has 160 valence electrons. The highest BCUT2D eigenvalue weighted by molar-refractivity contribution is 7.91. The van der Waals surface area contributed by atoms with Gasteiger partial charge in [0.05, 0.1) is 23.4 Å². The van der Waals surface area contributed by atoms with E-state index >= 15 is 0 Å². The summed E-state index contributed by atoms with van der Waals surface area (Å²) in [5.41, 5.74) is 1.99. The van der Waals surface area contributed by atoms with Gasteiger partial charge in [0.2, 0.25) is 5.91 Å². The van der Waals surface area contributed by atoms with Crippen LogP contribution in [0.1, 0.15) is 36.5 Å². The van der Waals surface area contributed by atoms with Gasteiger partial charge in [-0.1, -0.05) is 31.9 Å². The van der Waals surface area contributed by atoms with Gasteiger partial charge in [0.25, 0.3) is 5.91 Å². The number of benzene rings is 1. The molecule has 1 saturated heterocycles. The molecule has 1 aliphatic rings. The van der Waals surface area contributed by atoms with E-state index in [9.17, 15) is 18.0 Å². The topological polar surface area (TPSA) is 109 Å². The van der Waals surface area contributed by atoms with Crippen LogP contribution in [0.25, 0.3) is 11.3 Å². The van der Waals surface area contributed by atoms with Gasteiger partial charge in [-0.25, -0.2) is 8.42 Å². The van der Waals surface area contributed by atoms with Crippen LogP contribution in [0, 0.1) is 0 Å². The van der Waals surface area contributed by atoms with E-state index in [1.54, 1.807) is 47.8 Å². The second-order valence-electron chi connectivity index (χ2n) is 7.31. The Labute approximate surface area is 176 Å². The van der Waals surface area contributed by atoms with Crippen LogP contribution in [0.4, 0.5) is 0 Å². The average molecular weight is 431 g/mol. The quantitative estimate of drug-likeness (QED) is 0.716. The zero-order valence-corrected chi connectivity index (χ0v) is 17.8. The Bertz CT molecular complexity index is 964. The van der Waals surface area contributed by atoms with Crippen molar-refractivity contribution >= 4 is 21.7 Å². The van der Waals surface area contributed by atoms with Gasteiger partial charge in [-0.15, -0.1) is 0 Å². The first kappa shape index (κ1) is 21.9. The van der Waals surface area contributed by atoms with Crippen LogP contribution in [0.3, 0.4) is 0 Å². The molecule has 2 amide bonds. The summed E-state index contributed by atoms with van der Waals surface area (Å²) in [4.78, 5) is 35.5. The maximum atomic E-state index is 12.9. The molecule has 1 atom stereocenters. The predicted octanol–water partition coefficient (Wildman–Crippen LogP) is 1.69. The van der Waals surface area contributed by atoms with E-state index in [2.05, 4.69) is 15.3 Å². The highest BCUT2D eigenvalue weighted by Gasteiger charge is 2.30. The molecule has 1 aromatic heterocycles. The van der Waals surface area contributed by atoms with E-state index in [1.807, 2.05) is 6.92 Å². The highest BCUT2D eigenvalue weighted by atomic mass is 32.2. The van der Waals surface area contributed by atoms with Crippen molar-refractivity contribution in [3.63, 3.8) is 0 Å². The Morgan fingerprint density at radius 3 is 2.43 bits per heavy atom. The van der Waals surface area contributed by atoms with Crippen molar-refractivity contribution in [2.45, 2.75) is 32.2 Å². The zero-order chi connectivity index (χ0) is 21.6. The van der Waals surface area contributed by atoms with Gasteiger partial charge in [0.15, 0.2) is 9.84 Å². The van der Waals surface area contributed by atoms with E-state index in [-0.39, 0.29) is 36.4 Å². The average Bonchev–Trinajstić information content (AvgIpc) is 2.76. The molecule has 0 saturated carbocycles. The fourth-order valence-corrected chi connectivity index (χ4v) is 4.50. The van der Waals surface area contributed by atoms with Gasteiger partial charge < -0.3 is 10.2 Å². The van der Waals surface area contributed by atoms with Gasteiger partial charge in [0.1, 0.15) is 6.04 Å². The SMILES string of the molecule is CCCC[C@H](NC(=O)c1ccc(-c2cnccn2)cc1)C(=O)N1CCS(=O)(=O)CC1. The van der Waals surface area contributed by atoms with Crippen LogP contribution in [-0.2, 0) is 14.6 Å². The first-order valence-electron chi connectivity index (χ1n) is 10.1. The number of amides is 2. The molecule has 0 radical (unpaired) electrons. The second-order valence-corrected chi connectivity index (χ2v) is 9.62.